The predicted molar refractivity (Wildman–Crippen MR) is 85.6 cm³/mol. The van der Waals surface area contributed by atoms with E-state index in [1.807, 2.05) is 0 Å². The lowest BCUT2D eigenvalue weighted by Crippen LogP contribution is -2.29. The molecule has 19 heavy (non-hydrogen) atoms. The van der Waals surface area contributed by atoms with Crippen LogP contribution in [-0.2, 0) is 5.41 Å². The molecule has 1 aromatic carbocycles. The lowest BCUT2D eigenvalue weighted by Gasteiger charge is -2.31. The molecule has 0 spiro atoms. The van der Waals surface area contributed by atoms with E-state index in [2.05, 4.69) is 71.1 Å². The molecule has 0 aromatic heterocycles. The van der Waals surface area contributed by atoms with Crippen molar-refractivity contribution in [3.63, 3.8) is 0 Å². The third-order valence-corrected chi connectivity index (χ3v) is 3.84. The van der Waals surface area contributed by atoms with Gasteiger partial charge in [-0.25, -0.2) is 0 Å². The number of hydrogen-bond donors (Lipinski definition) is 1. The molecule has 0 saturated heterocycles. The van der Waals surface area contributed by atoms with Crippen molar-refractivity contribution >= 4 is 0 Å². The summed E-state index contributed by atoms with van der Waals surface area (Å²) in [6.45, 7) is 14.8. The highest BCUT2D eigenvalue weighted by atomic mass is 14.9. The summed E-state index contributed by atoms with van der Waals surface area (Å²) < 4.78 is 0. The zero-order valence-electron chi connectivity index (χ0n) is 13.6. The second-order valence-electron chi connectivity index (χ2n) is 6.64. The van der Waals surface area contributed by atoms with Crippen molar-refractivity contribution in [3.8, 4) is 0 Å². The highest BCUT2D eigenvalue weighted by Crippen LogP contribution is 2.34. The summed E-state index contributed by atoms with van der Waals surface area (Å²) >= 11 is 0. The minimum absolute atomic E-state index is 0.205. The average molecular weight is 261 g/mol. The zero-order chi connectivity index (χ0) is 14.5. The molecular formula is C18H31N. The maximum atomic E-state index is 3.70. The molecule has 0 fully saturated rings. The van der Waals surface area contributed by atoms with Gasteiger partial charge in [0.05, 0.1) is 0 Å². The highest BCUT2D eigenvalue weighted by Gasteiger charge is 2.25. The Kier molecular flexibility index (Phi) is 6.06. The fourth-order valence-corrected chi connectivity index (χ4v) is 2.91. The maximum absolute atomic E-state index is 3.70. The molecule has 1 nitrogen and oxygen atoms in total. The van der Waals surface area contributed by atoms with Crippen LogP contribution in [0.2, 0.25) is 0 Å². The Morgan fingerprint density at radius 1 is 1.11 bits per heavy atom. The summed E-state index contributed by atoms with van der Waals surface area (Å²) in [4.78, 5) is 0. The minimum atomic E-state index is 0.205. The van der Waals surface area contributed by atoms with E-state index in [0.717, 1.165) is 6.54 Å². The quantitative estimate of drug-likeness (QED) is 0.753. The minimum Gasteiger partial charge on any atom is -0.310 e. The first-order valence-electron chi connectivity index (χ1n) is 7.74. The summed E-state index contributed by atoms with van der Waals surface area (Å²) in [7, 11) is 0. The number of hydrogen-bond acceptors (Lipinski definition) is 1. The molecule has 1 N–H and O–H groups in total. The van der Waals surface area contributed by atoms with Crippen LogP contribution in [0.25, 0.3) is 0 Å². The van der Waals surface area contributed by atoms with Crippen LogP contribution in [0.5, 0.6) is 0 Å². The molecule has 0 radical (unpaired) electrons. The van der Waals surface area contributed by atoms with Crippen molar-refractivity contribution in [2.75, 3.05) is 6.54 Å². The van der Waals surface area contributed by atoms with Gasteiger partial charge in [0.15, 0.2) is 0 Å². The van der Waals surface area contributed by atoms with Crippen LogP contribution in [-0.4, -0.2) is 6.54 Å². The van der Waals surface area contributed by atoms with Crippen LogP contribution < -0.4 is 5.32 Å². The van der Waals surface area contributed by atoms with Gasteiger partial charge in [-0.1, -0.05) is 72.2 Å². The third-order valence-electron chi connectivity index (χ3n) is 3.84. The van der Waals surface area contributed by atoms with Crippen molar-refractivity contribution in [1.29, 1.82) is 0 Å². The van der Waals surface area contributed by atoms with Crippen LogP contribution in [0.4, 0.5) is 0 Å². The Balaban J connectivity index is 3.15. The summed E-state index contributed by atoms with van der Waals surface area (Å²) in [6.07, 6.45) is 2.52. The third kappa shape index (κ3) is 4.35. The maximum Gasteiger partial charge on any atom is 0.0348 e. The first-order chi connectivity index (χ1) is 8.91. The number of benzene rings is 1. The Morgan fingerprint density at radius 3 is 2.26 bits per heavy atom. The lowest BCUT2D eigenvalue weighted by molar-refractivity contribution is 0.363. The van der Waals surface area contributed by atoms with Gasteiger partial charge in [-0.15, -0.1) is 0 Å². The fourth-order valence-electron chi connectivity index (χ4n) is 2.91. The van der Waals surface area contributed by atoms with E-state index >= 15 is 0 Å². The van der Waals surface area contributed by atoms with Crippen molar-refractivity contribution in [3.05, 3.63) is 35.4 Å². The van der Waals surface area contributed by atoms with Gasteiger partial charge in [0, 0.05) is 6.04 Å². The molecule has 2 atom stereocenters. The molecule has 1 aromatic rings. The Bertz CT molecular complexity index is 376. The molecule has 2 unspecified atom stereocenters. The molecule has 0 aliphatic rings. The molecule has 108 valence electrons. The Morgan fingerprint density at radius 2 is 1.74 bits per heavy atom. The van der Waals surface area contributed by atoms with E-state index in [-0.39, 0.29) is 5.41 Å². The van der Waals surface area contributed by atoms with Crippen molar-refractivity contribution in [1.82, 2.24) is 5.32 Å². The van der Waals surface area contributed by atoms with Gasteiger partial charge in [0.2, 0.25) is 0 Å². The summed E-state index contributed by atoms with van der Waals surface area (Å²) in [5.74, 6) is 0.674. The standard InChI is InChI=1S/C18H31N/c1-7-11-14(3)17(19-8-2)15-12-9-10-13-16(15)18(4,5)6/h9-10,12-14,17,19H,7-8,11H2,1-6H3. The van der Waals surface area contributed by atoms with E-state index in [4.69, 9.17) is 0 Å². The normalized spacial score (nSPS) is 15.3. The molecule has 0 aliphatic heterocycles. The summed E-state index contributed by atoms with van der Waals surface area (Å²) in [6, 6.07) is 9.41. The van der Waals surface area contributed by atoms with E-state index in [1.54, 1.807) is 0 Å². The zero-order valence-corrected chi connectivity index (χ0v) is 13.6. The van der Waals surface area contributed by atoms with Crippen LogP contribution in [0, 0.1) is 5.92 Å². The van der Waals surface area contributed by atoms with E-state index in [9.17, 15) is 0 Å². The van der Waals surface area contributed by atoms with Gasteiger partial charge in [0.1, 0.15) is 0 Å². The van der Waals surface area contributed by atoms with E-state index in [0.29, 0.717) is 12.0 Å². The molecule has 0 saturated carbocycles. The van der Waals surface area contributed by atoms with Crippen LogP contribution in [0.3, 0.4) is 0 Å². The molecular weight excluding hydrogens is 230 g/mol. The van der Waals surface area contributed by atoms with Gasteiger partial charge >= 0.3 is 0 Å². The summed E-state index contributed by atoms with van der Waals surface area (Å²) in [5, 5.41) is 3.70. The monoisotopic (exact) mass is 261 g/mol. The smallest absolute Gasteiger partial charge is 0.0348 e. The molecule has 0 bridgehead atoms. The molecule has 1 rings (SSSR count). The fraction of sp³-hybridized carbons (Fsp3) is 0.667. The Labute approximate surface area is 119 Å². The van der Waals surface area contributed by atoms with Crippen molar-refractivity contribution in [2.45, 2.75) is 65.8 Å². The van der Waals surface area contributed by atoms with Crippen molar-refractivity contribution in [2.24, 2.45) is 5.92 Å². The summed E-state index contributed by atoms with van der Waals surface area (Å²) in [5.41, 5.74) is 3.16. The van der Waals surface area contributed by atoms with Gasteiger partial charge in [0.25, 0.3) is 0 Å². The lowest BCUT2D eigenvalue weighted by atomic mass is 9.79. The first-order valence-corrected chi connectivity index (χ1v) is 7.74. The second kappa shape index (κ2) is 7.09. The largest absolute Gasteiger partial charge is 0.310 e. The topological polar surface area (TPSA) is 12.0 Å². The van der Waals surface area contributed by atoms with Gasteiger partial charge in [-0.05, 0) is 35.4 Å². The van der Waals surface area contributed by atoms with E-state index in [1.165, 1.54) is 24.0 Å². The van der Waals surface area contributed by atoms with Crippen molar-refractivity contribution < 1.29 is 0 Å². The SMILES string of the molecule is CCCC(C)C(NCC)c1ccccc1C(C)(C)C. The molecule has 0 heterocycles. The highest BCUT2D eigenvalue weighted by molar-refractivity contribution is 5.35. The molecule has 1 heteroatoms. The Hall–Kier alpha value is -0.820. The number of rotatable bonds is 6. The predicted octanol–water partition coefficient (Wildman–Crippen LogP) is 5.07. The van der Waals surface area contributed by atoms with Crippen LogP contribution in [0.1, 0.15) is 71.6 Å². The first kappa shape index (κ1) is 16.2. The molecule has 0 amide bonds. The van der Waals surface area contributed by atoms with Gasteiger partial charge < -0.3 is 5.32 Å². The van der Waals surface area contributed by atoms with E-state index < -0.39 is 0 Å². The number of nitrogens with one attached hydrogen (secondary N) is 1. The van der Waals surface area contributed by atoms with Crippen LogP contribution in [0.15, 0.2) is 24.3 Å². The van der Waals surface area contributed by atoms with Gasteiger partial charge in [-0.3, -0.25) is 0 Å². The molecule has 0 aliphatic carbocycles. The van der Waals surface area contributed by atoms with Crippen LogP contribution >= 0.6 is 0 Å². The van der Waals surface area contributed by atoms with Gasteiger partial charge in [-0.2, -0.15) is 0 Å². The average Bonchev–Trinajstić information content (AvgIpc) is 2.35. The second-order valence-corrected chi connectivity index (χ2v) is 6.64.